The van der Waals surface area contributed by atoms with Crippen molar-refractivity contribution in [3.63, 3.8) is 0 Å². The Balaban J connectivity index is 2.59. The smallest absolute Gasteiger partial charge is 0.335 e. The maximum Gasteiger partial charge on any atom is 0.335 e. The molecule has 3 unspecified atom stereocenters. The zero-order valence-corrected chi connectivity index (χ0v) is 11.2. The van der Waals surface area contributed by atoms with Gasteiger partial charge in [0.2, 0.25) is 0 Å². The molecule has 100 valence electrons. The number of aliphatic hydroxyl groups excluding tert-OH is 1. The van der Waals surface area contributed by atoms with Gasteiger partial charge in [0.15, 0.2) is 12.4 Å². The highest BCUT2D eigenvalue weighted by atomic mass is 16.6. The summed E-state index contributed by atoms with van der Waals surface area (Å²) in [6, 6.07) is 0. The largest absolute Gasteiger partial charge is 0.464 e. The van der Waals surface area contributed by atoms with Crippen LogP contribution in [0.4, 0.5) is 0 Å². The van der Waals surface area contributed by atoms with Gasteiger partial charge in [-0.25, -0.2) is 4.79 Å². The minimum Gasteiger partial charge on any atom is -0.464 e. The Morgan fingerprint density at radius 2 is 2.24 bits per heavy atom. The third-order valence-corrected chi connectivity index (χ3v) is 3.46. The van der Waals surface area contributed by atoms with Gasteiger partial charge < -0.3 is 14.6 Å². The molecule has 1 aliphatic rings. The van der Waals surface area contributed by atoms with Crippen LogP contribution in [0.15, 0.2) is 0 Å². The third-order valence-electron chi connectivity index (χ3n) is 3.46. The summed E-state index contributed by atoms with van der Waals surface area (Å²) in [5, 5.41) is 10.2. The average molecular weight is 244 g/mol. The van der Waals surface area contributed by atoms with Crippen LogP contribution in [0.25, 0.3) is 0 Å². The molecule has 4 heteroatoms. The third kappa shape index (κ3) is 3.68. The minimum absolute atomic E-state index is 0.308. The lowest BCUT2D eigenvalue weighted by atomic mass is 9.79. The zero-order valence-electron chi connectivity index (χ0n) is 11.2. The fourth-order valence-corrected chi connectivity index (χ4v) is 2.27. The van der Waals surface area contributed by atoms with Crippen LogP contribution in [0, 0.1) is 11.3 Å². The number of ether oxygens (including phenoxy) is 2. The molecule has 0 spiro atoms. The van der Waals surface area contributed by atoms with Crippen LogP contribution < -0.4 is 0 Å². The molecule has 0 aromatic rings. The van der Waals surface area contributed by atoms with Crippen molar-refractivity contribution in [3.05, 3.63) is 0 Å². The lowest BCUT2D eigenvalue weighted by Gasteiger charge is -2.35. The maximum absolute atomic E-state index is 11.3. The molecule has 0 amide bonds. The molecule has 0 saturated carbocycles. The molecular weight excluding hydrogens is 220 g/mol. The van der Waals surface area contributed by atoms with Crippen molar-refractivity contribution in [1.29, 1.82) is 0 Å². The molecule has 1 rings (SSSR count). The Bertz CT molecular complexity index is 264. The summed E-state index contributed by atoms with van der Waals surface area (Å²) in [5.74, 6) is 0.126. The number of carbonyl (C=O) groups excluding carboxylic acids is 1. The molecule has 17 heavy (non-hydrogen) atoms. The highest BCUT2D eigenvalue weighted by Crippen LogP contribution is 2.35. The molecular formula is C13H24O4. The molecule has 1 aliphatic heterocycles. The van der Waals surface area contributed by atoms with Crippen LogP contribution in [0.3, 0.4) is 0 Å². The molecule has 0 aliphatic carbocycles. The van der Waals surface area contributed by atoms with Crippen molar-refractivity contribution in [3.8, 4) is 0 Å². The maximum atomic E-state index is 11.3. The van der Waals surface area contributed by atoms with Gasteiger partial charge in [-0.1, -0.05) is 27.7 Å². The van der Waals surface area contributed by atoms with Crippen molar-refractivity contribution < 1.29 is 19.4 Å². The Kier molecular flexibility index (Phi) is 4.95. The first kappa shape index (κ1) is 14.5. The van der Waals surface area contributed by atoms with E-state index in [0.717, 1.165) is 12.8 Å². The normalized spacial score (nSPS) is 25.8. The highest BCUT2D eigenvalue weighted by Gasteiger charge is 2.38. The van der Waals surface area contributed by atoms with E-state index in [0.29, 0.717) is 18.9 Å². The highest BCUT2D eigenvalue weighted by molar-refractivity contribution is 5.76. The van der Waals surface area contributed by atoms with Crippen molar-refractivity contribution >= 4 is 5.97 Å². The van der Waals surface area contributed by atoms with Gasteiger partial charge in [0.25, 0.3) is 0 Å². The van der Waals surface area contributed by atoms with Crippen molar-refractivity contribution in [2.24, 2.45) is 11.3 Å². The molecule has 1 N–H and O–H groups in total. The van der Waals surface area contributed by atoms with Crippen molar-refractivity contribution in [2.45, 2.75) is 59.4 Å². The van der Waals surface area contributed by atoms with E-state index in [2.05, 4.69) is 13.8 Å². The monoisotopic (exact) mass is 244 g/mol. The predicted molar refractivity (Wildman–Crippen MR) is 64.3 cm³/mol. The number of carbonyl (C=O) groups is 1. The van der Waals surface area contributed by atoms with Gasteiger partial charge in [0, 0.05) is 11.8 Å². The minimum atomic E-state index is -0.912. The molecule has 4 nitrogen and oxygen atoms in total. The van der Waals surface area contributed by atoms with Gasteiger partial charge in [-0.05, 0) is 18.8 Å². The first-order valence-electron chi connectivity index (χ1n) is 6.39. The van der Waals surface area contributed by atoms with Gasteiger partial charge in [-0.3, -0.25) is 0 Å². The Hall–Kier alpha value is -0.610. The summed E-state index contributed by atoms with van der Waals surface area (Å²) in [6.45, 7) is 8.65. The van der Waals surface area contributed by atoms with Crippen LogP contribution in [0.5, 0.6) is 0 Å². The number of cyclic esters (lactones) is 1. The lowest BCUT2D eigenvalue weighted by Crippen LogP contribution is -2.39. The lowest BCUT2D eigenvalue weighted by molar-refractivity contribution is -0.204. The molecule has 1 saturated heterocycles. The second-order valence-electron chi connectivity index (χ2n) is 5.54. The quantitative estimate of drug-likeness (QED) is 0.574. The van der Waals surface area contributed by atoms with E-state index in [9.17, 15) is 9.90 Å². The van der Waals surface area contributed by atoms with Gasteiger partial charge in [0.1, 0.15) is 0 Å². The number of hydrogen-bond donors (Lipinski definition) is 1. The molecule has 0 bridgehead atoms. The SMILES string of the molecule is CCC(C)(CC(C)C)C(O)OC1CCOC1=O. The number of aliphatic hydroxyl groups is 1. The van der Waals surface area contributed by atoms with E-state index in [-0.39, 0.29) is 11.4 Å². The predicted octanol–water partition coefficient (Wildman–Crippen LogP) is 2.10. The average Bonchev–Trinajstić information content (AvgIpc) is 2.63. The Morgan fingerprint density at radius 1 is 1.59 bits per heavy atom. The van der Waals surface area contributed by atoms with E-state index in [1.807, 2.05) is 13.8 Å². The number of esters is 1. The van der Waals surface area contributed by atoms with E-state index >= 15 is 0 Å². The Labute approximate surface area is 103 Å². The zero-order chi connectivity index (χ0) is 13.1. The van der Waals surface area contributed by atoms with E-state index in [4.69, 9.17) is 9.47 Å². The van der Waals surface area contributed by atoms with E-state index in [1.54, 1.807) is 0 Å². The fraction of sp³-hybridized carbons (Fsp3) is 0.923. The standard InChI is InChI=1S/C13H24O4/c1-5-13(4,8-9(2)3)12(15)17-10-6-7-16-11(10)14/h9-10,12,15H,5-8H2,1-4H3. The van der Waals surface area contributed by atoms with Crippen molar-refractivity contribution in [2.75, 3.05) is 6.61 Å². The summed E-state index contributed by atoms with van der Waals surface area (Å²) >= 11 is 0. The second-order valence-corrected chi connectivity index (χ2v) is 5.54. The molecule has 1 fully saturated rings. The second kappa shape index (κ2) is 5.83. The first-order valence-corrected chi connectivity index (χ1v) is 6.39. The summed E-state index contributed by atoms with van der Waals surface area (Å²) in [4.78, 5) is 11.3. The van der Waals surface area contributed by atoms with Gasteiger partial charge in [-0.2, -0.15) is 0 Å². The van der Waals surface area contributed by atoms with Crippen molar-refractivity contribution in [1.82, 2.24) is 0 Å². The Morgan fingerprint density at radius 3 is 2.65 bits per heavy atom. The topological polar surface area (TPSA) is 55.8 Å². The van der Waals surface area contributed by atoms with Gasteiger partial charge >= 0.3 is 5.97 Å². The molecule has 1 heterocycles. The first-order chi connectivity index (χ1) is 7.89. The summed E-state index contributed by atoms with van der Waals surface area (Å²) in [6.07, 6.45) is 0.714. The number of hydrogen-bond acceptors (Lipinski definition) is 4. The van der Waals surface area contributed by atoms with Crippen LogP contribution in [0.1, 0.15) is 47.0 Å². The van der Waals surface area contributed by atoms with Crippen LogP contribution in [0.2, 0.25) is 0 Å². The summed E-state index contributed by atoms with van der Waals surface area (Å²) < 4.78 is 10.3. The van der Waals surface area contributed by atoms with Gasteiger partial charge in [-0.15, -0.1) is 0 Å². The van der Waals surface area contributed by atoms with Crippen LogP contribution in [-0.4, -0.2) is 30.1 Å². The van der Waals surface area contributed by atoms with Gasteiger partial charge in [0.05, 0.1) is 6.61 Å². The van der Waals surface area contributed by atoms with E-state index in [1.165, 1.54) is 0 Å². The summed E-state index contributed by atoms with van der Waals surface area (Å²) in [7, 11) is 0. The summed E-state index contributed by atoms with van der Waals surface area (Å²) in [5.41, 5.74) is -0.308. The molecule has 3 atom stereocenters. The van der Waals surface area contributed by atoms with Crippen LogP contribution in [-0.2, 0) is 14.3 Å². The molecule has 0 aromatic carbocycles. The fourth-order valence-electron chi connectivity index (χ4n) is 2.27. The van der Waals surface area contributed by atoms with Crippen LogP contribution >= 0.6 is 0 Å². The molecule has 0 radical (unpaired) electrons. The van der Waals surface area contributed by atoms with E-state index < -0.39 is 12.4 Å². The number of rotatable bonds is 6. The molecule has 0 aromatic heterocycles.